The number of benzene rings is 1. The van der Waals surface area contributed by atoms with Crippen LogP contribution in [0.3, 0.4) is 0 Å². The number of nitrogens with two attached hydrogens (primary N) is 1. The van der Waals surface area contributed by atoms with Crippen molar-refractivity contribution in [1.82, 2.24) is 9.47 Å². The van der Waals surface area contributed by atoms with Gasteiger partial charge in [0.25, 0.3) is 0 Å². The van der Waals surface area contributed by atoms with Gasteiger partial charge in [-0.25, -0.2) is 0 Å². The monoisotopic (exact) mass is 289 g/mol. The number of aromatic nitrogens is 1. The summed E-state index contributed by atoms with van der Waals surface area (Å²) in [5, 5.41) is 1.34. The van der Waals surface area contributed by atoms with E-state index in [0.29, 0.717) is 0 Å². The zero-order chi connectivity index (χ0) is 13.9. The predicted octanol–water partition coefficient (Wildman–Crippen LogP) is 3.43. The molecule has 2 N–H and O–H groups in total. The number of anilines is 1. The smallest absolute Gasteiger partial charge is 0.0512 e. The fourth-order valence-electron chi connectivity index (χ4n) is 3.01. The molecule has 1 saturated heterocycles. The van der Waals surface area contributed by atoms with E-state index < -0.39 is 0 Å². The highest BCUT2D eigenvalue weighted by atomic mass is 32.2. The van der Waals surface area contributed by atoms with Gasteiger partial charge in [-0.15, -0.1) is 11.8 Å². The van der Waals surface area contributed by atoms with Gasteiger partial charge in [0.1, 0.15) is 0 Å². The van der Waals surface area contributed by atoms with Crippen LogP contribution < -0.4 is 5.73 Å². The average molecular weight is 289 g/mol. The Morgan fingerprint density at radius 3 is 2.75 bits per heavy atom. The Morgan fingerprint density at radius 2 is 2.00 bits per heavy atom. The van der Waals surface area contributed by atoms with Crippen LogP contribution in [0.15, 0.2) is 29.3 Å². The van der Waals surface area contributed by atoms with E-state index in [0.717, 1.165) is 24.5 Å². The summed E-state index contributed by atoms with van der Waals surface area (Å²) in [5.74, 6) is 1.08. The van der Waals surface area contributed by atoms with Crippen molar-refractivity contribution in [2.75, 3.05) is 31.1 Å². The van der Waals surface area contributed by atoms with Crippen molar-refractivity contribution in [3.63, 3.8) is 0 Å². The van der Waals surface area contributed by atoms with Crippen molar-refractivity contribution in [3.05, 3.63) is 24.4 Å². The molecule has 20 heavy (non-hydrogen) atoms. The first kappa shape index (κ1) is 13.8. The zero-order valence-electron chi connectivity index (χ0n) is 12.1. The van der Waals surface area contributed by atoms with E-state index in [-0.39, 0.29) is 0 Å². The second kappa shape index (κ2) is 6.10. The maximum absolute atomic E-state index is 6.06. The number of hydrogen-bond donors (Lipinski definition) is 1. The topological polar surface area (TPSA) is 34.2 Å². The van der Waals surface area contributed by atoms with Gasteiger partial charge in [0, 0.05) is 35.3 Å². The molecule has 2 aromatic rings. The van der Waals surface area contributed by atoms with Gasteiger partial charge < -0.3 is 15.2 Å². The zero-order valence-corrected chi connectivity index (χ0v) is 13.0. The third-order valence-electron chi connectivity index (χ3n) is 4.03. The lowest BCUT2D eigenvalue weighted by Gasteiger charge is -2.15. The van der Waals surface area contributed by atoms with Gasteiger partial charge in [0.15, 0.2) is 0 Å². The molecule has 3 rings (SSSR count). The minimum Gasteiger partial charge on any atom is -0.399 e. The van der Waals surface area contributed by atoms with Gasteiger partial charge in [0.05, 0.1) is 5.52 Å². The van der Waals surface area contributed by atoms with Crippen LogP contribution in [-0.2, 0) is 6.54 Å². The van der Waals surface area contributed by atoms with Crippen LogP contribution >= 0.6 is 11.8 Å². The Balaban J connectivity index is 1.84. The molecule has 0 aliphatic carbocycles. The molecule has 0 bridgehead atoms. The molecule has 3 nitrogen and oxygen atoms in total. The Morgan fingerprint density at radius 1 is 1.20 bits per heavy atom. The van der Waals surface area contributed by atoms with Crippen LogP contribution in [0.1, 0.15) is 19.8 Å². The van der Waals surface area contributed by atoms with E-state index in [2.05, 4.69) is 40.8 Å². The first-order chi connectivity index (χ1) is 9.78. The van der Waals surface area contributed by atoms with Crippen molar-refractivity contribution in [2.24, 2.45) is 0 Å². The molecular formula is C16H23N3S. The average Bonchev–Trinajstić information content (AvgIpc) is 3.05. The van der Waals surface area contributed by atoms with Crippen LogP contribution in [0.5, 0.6) is 0 Å². The maximum Gasteiger partial charge on any atom is 0.0512 e. The number of fused-ring (bicyclic) bond motifs is 1. The summed E-state index contributed by atoms with van der Waals surface area (Å²) in [6.45, 7) is 6.92. The van der Waals surface area contributed by atoms with Crippen LogP contribution in [0.25, 0.3) is 10.9 Å². The highest BCUT2D eigenvalue weighted by molar-refractivity contribution is 7.99. The summed E-state index contributed by atoms with van der Waals surface area (Å²) in [6, 6.07) is 6.44. The highest BCUT2D eigenvalue weighted by Gasteiger charge is 2.12. The molecule has 0 atom stereocenters. The van der Waals surface area contributed by atoms with Gasteiger partial charge in [0.2, 0.25) is 0 Å². The molecule has 1 aromatic carbocycles. The van der Waals surface area contributed by atoms with Crippen LogP contribution in [0, 0.1) is 0 Å². The molecule has 0 unspecified atom stereocenters. The molecule has 1 aliphatic heterocycles. The minimum atomic E-state index is 0.870. The SMILES string of the molecule is CCSc1cc(N)cc2c1ccn2CCN1CCCC1. The third-order valence-corrected chi connectivity index (χ3v) is 4.97. The lowest BCUT2D eigenvalue weighted by atomic mass is 10.2. The molecule has 4 heteroatoms. The van der Waals surface area contributed by atoms with Gasteiger partial charge in [-0.1, -0.05) is 6.92 Å². The molecule has 0 amide bonds. The molecule has 1 aromatic heterocycles. The molecular weight excluding hydrogens is 266 g/mol. The van der Waals surface area contributed by atoms with E-state index in [1.165, 1.54) is 41.7 Å². The third kappa shape index (κ3) is 2.81. The molecule has 2 heterocycles. The van der Waals surface area contributed by atoms with E-state index in [1.807, 2.05) is 11.8 Å². The second-order valence-corrected chi connectivity index (χ2v) is 6.75. The van der Waals surface area contributed by atoms with Gasteiger partial charge >= 0.3 is 0 Å². The number of nitrogens with zero attached hydrogens (tertiary/aromatic N) is 2. The van der Waals surface area contributed by atoms with Crippen molar-refractivity contribution < 1.29 is 0 Å². The molecule has 1 fully saturated rings. The standard InChI is InChI=1S/C16H23N3S/c1-2-20-16-12-13(17)11-15-14(16)5-8-19(15)10-9-18-6-3-4-7-18/h5,8,11-12H,2-4,6-7,9-10,17H2,1H3. The van der Waals surface area contributed by atoms with Crippen molar-refractivity contribution in [3.8, 4) is 0 Å². The van der Waals surface area contributed by atoms with Crippen molar-refractivity contribution >= 4 is 28.4 Å². The van der Waals surface area contributed by atoms with E-state index in [1.54, 1.807) is 0 Å². The van der Waals surface area contributed by atoms with E-state index in [9.17, 15) is 0 Å². The van der Waals surface area contributed by atoms with Gasteiger partial charge in [-0.3, -0.25) is 0 Å². The molecule has 0 saturated carbocycles. The van der Waals surface area contributed by atoms with Crippen LogP contribution in [0.2, 0.25) is 0 Å². The summed E-state index contributed by atoms with van der Waals surface area (Å²) in [7, 11) is 0. The summed E-state index contributed by atoms with van der Waals surface area (Å²) in [5.41, 5.74) is 8.21. The Labute approximate surface area is 125 Å². The Kier molecular flexibility index (Phi) is 4.22. The maximum atomic E-state index is 6.06. The van der Waals surface area contributed by atoms with E-state index in [4.69, 9.17) is 5.73 Å². The summed E-state index contributed by atoms with van der Waals surface area (Å²) < 4.78 is 2.35. The minimum absolute atomic E-state index is 0.870. The fraction of sp³-hybridized carbons (Fsp3) is 0.500. The van der Waals surface area contributed by atoms with Crippen molar-refractivity contribution in [2.45, 2.75) is 31.2 Å². The summed E-state index contributed by atoms with van der Waals surface area (Å²) in [6.07, 6.45) is 4.92. The number of likely N-dealkylation sites (tertiary alicyclic amines) is 1. The number of nitrogen functional groups attached to an aromatic ring is 1. The normalized spacial score (nSPS) is 16.2. The Hall–Kier alpha value is -1.13. The number of thioether (sulfide) groups is 1. The van der Waals surface area contributed by atoms with Gasteiger partial charge in [-0.2, -0.15) is 0 Å². The summed E-state index contributed by atoms with van der Waals surface area (Å²) in [4.78, 5) is 3.86. The van der Waals surface area contributed by atoms with Crippen molar-refractivity contribution in [1.29, 1.82) is 0 Å². The second-order valence-electron chi connectivity index (χ2n) is 5.44. The van der Waals surface area contributed by atoms with Crippen LogP contribution in [-0.4, -0.2) is 34.9 Å². The molecule has 0 spiro atoms. The molecule has 1 aliphatic rings. The largest absolute Gasteiger partial charge is 0.399 e. The molecule has 108 valence electrons. The Bertz CT molecular complexity index is 585. The van der Waals surface area contributed by atoms with Crippen LogP contribution in [0.4, 0.5) is 5.69 Å². The number of hydrogen-bond acceptors (Lipinski definition) is 3. The lowest BCUT2D eigenvalue weighted by Crippen LogP contribution is -2.23. The fourth-order valence-corrected chi connectivity index (χ4v) is 3.87. The first-order valence-electron chi connectivity index (χ1n) is 7.51. The predicted molar refractivity (Wildman–Crippen MR) is 88.4 cm³/mol. The lowest BCUT2D eigenvalue weighted by molar-refractivity contribution is 0.324. The number of rotatable bonds is 5. The highest BCUT2D eigenvalue weighted by Crippen LogP contribution is 2.31. The first-order valence-corrected chi connectivity index (χ1v) is 8.50. The van der Waals surface area contributed by atoms with E-state index >= 15 is 0 Å². The quantitative estimate of drug-likeness (QED) is 0.676. The van der Waals surface area contributed by atoms with Gasteiger partial charge in [-0.05, 0) is 49.9 Å². The summed E-state index contributed by atoms with van der Waals surface area (Å²) >= 11 is 1.87. The molecule has 0 radical (unpaired) electrons.